The second-order valence-corrected chi connectivity index (χ2v) is 6.29. The highest BCUT2D eigenvalue weighted by molar-refractivity contribution is 7.89. The van der Waals surface area contributed by atoms with Crippen LogP contribution in [-0.2, 0) is 10.0 Å². The molecule has 0 saturated heterocycles. The third-order valence-electron chi connectivity index (χ3n) is 2.59. The minimum atomic E-state index is -3.48. The number of pyridine rings is 1. The summed E-state index contributed by atoms with van der Waals surface area (Å²) < 4.78 is 26.7. The van der Waals surface area contributed by atoms with Gasteiger partial charge in [0.05, 0.1) is 5.69 Å². The van der Waals surface area contributed by atoms with Crippen LogP contribution < -0.4 is 10.0 Å². The Morgan fingerprint density at radius 3 is 2.72 bits per heavy atom. The first-order valence-corrected chi connectivity index (χ1v) is 7.57. The maximum Gasteiger partial charge on any atom is 0.244 e. The van der Waals surface area contributed by atoms with Gasteiger partial charge in [0.15, 0.2) is 0 Å². The summed E-state index contributed by atoms with van der Waals surface area (Å²) in [7, 11) is -1.79. The lowest BCUT2D eigenvalue weighted by Gasteiger charge is -2.11. The molecule has 0 fully saturated rings. The number of anilines is 1. The van der Waals surface area contributed by atoms with Crippen LogP contribution in [0.1, 0.15) is 26.7 Å². The van der Waals surface area contributed by atoms with Crippen molar-refractivity contribution in [2.45, 2.75) is 31.6 Å². The Kier molecular flexibility index (Phi) is 5.55. The number of aromatic nitrogens is 1. The van der Waals surface area contributed by atoms with E-state index in [0.717, 1.165) is 12.8 Å². The zero-order chi connectivity index (χ0) is 13.6. The van der Waals surface area contributed by atoms with Gasteiger partial charge in [-0.3, -0.25) is 4.98 Å². The van der Waals surface area contributed by atoms with Crippen LogP contribution >= 0.6 is 0 Å². The predicted octanol–water partition coefficient (Wildman–Crippen LogP) is 1.84. The van der Waals surface area contributed by atoms with Crippen molar-refractivity contribution in [2.75, 3.05) is 18.9 Å². The van der Waals surface area contributed by atoms with E-state index in [-0.39, 0.29) is 4.90 Å². The Hall–Kier alpha value is -1.14. The van der Waals surface area contributed by atoms with Crippen molar-refractivity contribution in [3.8, 4) is 0 Å². The van der Waals surface area contributed by atoms with Crippen LogP contribution in [0, 0.1) is 5.92 Å². The van der Waals surface area contributed by atoms with E-state index in [2.05, 4.69) is 28.9 Å². The van der Waals surface area contributed by atoms with Gasteiger partial charge >= 0.3 is 0 Å². The summed E-state index contributed by atoms with van der Waals surface area (Å²) in [5.74, 6) is 0.584. The first-order valence-electron chi connectivity index (χ1n) is 6.09. The number of hydrogen-bond donors (Lipinski definition) is 2. The molecule has 18 heavy (non-hydrogen) atoms. The normalized spacial score (nSPS) is 11.8. The van der Waals surface area contributed by atoms with E-state index in [1.807, 2.05) is 0 Å². The summed E-state index contributed by atoms with van der Waals surface area (Å²) in [6.45, 7) is 4.70. The van der Waals surface area contributed by atoms with Crippen LogP contribution in [0.4, 0.5) is 5.69 Å². The van der Waals surface area contributed by atoms with Crippen molar-refractivity contribution in [3.05, 3.63) is 18.5 Å². The Labute approximate surface area is 109 Å². The summed E-state index contributed by atoms with van der Waals surface area (Å²) in [5.41, 5.74) is 0.557. The van der Waals surface area contributed by atoms with Crippen molar-refractivity contribution in [2.24, 2.45) is 5.92 Å². The van der Waals surface area contributed by atoms with Gasteiger partial charge in [0, 0.05) is 26.0 Å². The van der Waals surface area contributed by atoms with Gasteiger partial charge in [-0.2, -0.15) is 0 Å². The lowest BCUT2D eigenvalue weighted by Crippen LogP contribution is -2.25. The third kappa shape index (κ3) is 4.27. The molecule has 1 heterocycles. The summed E-state index contributed by atoms with van der Waals surface area (Å²) in [6.07, 6.45) is 4.76. The highest BCUT2D eigenvalue weighted by Crippen LogP contribution is 2.18. The molecule has 1 aromatic heterocycles. The van der Waals surface area contributed by atoms with Crippen LogP contribution in [0.15, 0.2) is 23.4 Å². The molecular formula is C12H21N3O2S. The van der Waals surface area contributed by atoms with Gasteiger partial charge in [-0.05, 0) is 24.8 Å². The molecule has 5 nitrogen and oxygen atoms in total. The molecule has 0 amide bonds. The van der Waals surface area contributed by atoms with E-state index in [1.165, 1.54) is 6.20 Å². The van der Waals surface area contributed by atoms with Gasteiger partial charge in [-0.15, -0.1) is 0 Å². The zero-order valence-electron chi connectivity index (χ0n) is 11.1. The molecule has 0 aliphatic rings. The number of rotatable bonds is 7. The third-order valence-corrected chi connectivity index (χ3v) is 4.08. The molecule has 2 N–H and O–H groups in total. The van der Waals surface area contributed by atoms with Crippen molar-refractivity contribution in [1.82, 2.24) is 9.71 Å². The molecule has 1 aromatic rings. The molecular weight excluding hydrogens is 250 g/mol. The molecule has 1 rings (SSSR count). The minimum Gasteiger partial charge on any atom is -0.387 e. The van der Waals surface area contributed by atoms with Crippen LogP contribution in [0.5, 0.6) is 0 Å². The topological polar surface area (TPSA) is 71.1 Å². The SMILES string of the molecule is CNc1ccncc1S(=O)(=O)NCCCC(C)C. The van der Waals surface area contributed by atoms with Gasteiger partial charge in [0.2, 0.25) is 10.0 Å². The standard InChI is InChI=1S/C12H21N3O2S/c1-10(2)5-4-7-15-18(16,17)12-9-14-8-6-11(12)13-3/h6,8-10,15H,4-5,7H2,1-3H3,(H,13,14). The van der Waals surface area contributed by atoms with E-state index in [9.17, 15) is 8.42 Å². The molecule has 0 bridgehead atoms. The van der Waals surface area contributed by atoms with Gasteiger partial charge in [-0.1, -0.05) is 13.8 Å². The fraction of sp³-hybridized carbons (Fsp3) is 0.583. The van der Waals surface area contributed by atoms with Crippen molar-refractivity contribution >= 4 is 15.7 Å². The number of nitrogens with one attached hydrogen (secondary N) is 2. The van der Waals surface area contributed by atoms with E-state index in [0.29, 0.717) is 18.2 Å². The van der Waals surface area contributed by atoms with Gasteiger partial charge in [0.25, 0.3) is 0 Å². The van der Waals surface area contributed by atoms with Crippen molar-refractivity contribution in [3.63, 3.8) is 0 Å². The zero-order valence-corrected chi connectivity index (χ0v) is 11.9. The van der Waals surface area contributed by atoms with E-state index >= 15 is 0 Å². The summed E-state index contributed by atoms with van der Waals surface area (Å²) in [6, 6.07) is 1.64. The summed E-state index contributed by atoms with van der Waals surface area (Å²) in [4.78, 5) is 4.05. The predicted molar refractivity (Wildman–Crippen MR) is 73.0 cm³/mol. The largest absolute Gasteiger partial charge is 0.387 e. The van der Waals surface area contributed by atoms with E-state index < -0.39 is 10.0 Å². The highest BCUT2D eigenvalue weighted by atomic mass is 32.2. The molecule has 102 valence electrons. The molecule has 0 aromatic carbocycles. The fourth-order valence-corrected chi connectivity index (χ4v) is 2.82. The lowest BCUT2D eigenvalue weighted by atomic mass is 10.1. The second-order valence-electron chi connectivity index (χ2n) is 4.56. The van der Waals surface area contributed by atoms with Crippen LogP contribution in [0.3, 0.4) is 0 Å². The molecule has 0 atom stereocenters. The second kappa shape index (κ2) is 6.70. The molecule has 0 radical (unpaired) electrons. The first-order chi connectivity index (χ1) is 8.47. The van der Waals surface area contributed by atoms with Crippen LogP contribution in [0.2, 0.25) is 0 Å². The van der Waals surface area contributed by atoms with Crippen LogP contribution in [-0.4, -0.2) is 27.0 Å². The quantitative estimate of drug-likeness (QED) is 0.742. The van der Waals surface area contributed by atoms with Gasteiger partial charge < -0.3 is 5.32 Å². The maximum atomic E-state index is 12.1. The highest BCUT2D eigenvalue weighted by Gasteiger charge is 2.17. The monoisotopic (exact) mass is 271 g/mol. The van der Waals surface area contributed by atoms with E-state index in [4.69, 9.17) is 0 Å². The Balaban J connectivity index is 2.68. The van der Waals surface area contributed by atoms with Crippen LogP contribution in [0.25, 0.3) is 0 Å². The Morgan fingerprint density at radius 2 is 2.11 bits per heavy atom. The maximum absolute atomic E-state index is 12.1. The average molecular weight is 271 g/mol. The molecule has 0 spiro atoms. The number of sulfonamides is 1. The van der Waals surface area contributed by atoms with Gasteiger partial charge in [-0.25, -0.2) is 13.1 Å². The van der Waals surface area contributed by atoms with Gasteiger partial charge in [0.1, 0.15) is 4.90 Å². The minimum absolute atomic E-state index is 0.192. The molecule has 6 heteroatoms. The summed E-state index contributed by atoms with van der Waals surface area (Å²) >= 11 is 0. The first kappa shape index (κ1) is 14.9. The Bertz CT molecular complexity index is 472. The number of nitrogens with zero attached hydrogens (tertiary/aromatic N) is 1. The summed E-state index contributed by atoms with van der Waals surface area (Å²) in [5, 5.41) is 2.85. The molecule has 0 aliphatic carbocycles. The van der Waals surface area contributed by atoms with E-state index in [1.54, 1.807) is 19.3 Å². The lowest BCUT2D eigenvalue weighted by molar-refractivity contribution is 0.540. The smallest absolute Gasteiger partial charge is 0.244 e. The molecule has 0 unspecified atom stereocenters. The van der Waals surface area contributed by atoms with Crippen molar-refractivity contribution < 1.29 is 8.42 Å². The molecule has 0 saturated carbocycles. The van der Waals surface area contributed by atoms with Crippen molar-refractivity contribution in [1.29, 1.82) is 0 Å². The average Bonchev–Trinajstić information content (AvgIpc) is 2.34. The Morgan fingerprint density at radius 1 is 1.39 bits per heavy atom. The molecule has 0 aliphatic heterocycles. The number of hydrogen-bond acceptors (Lipinski definition) is 4. The fourth-order valence-electron chi connectivity index (χ4n) is 1.60.